The number of carbonyl (C=O) groups is 1. The number of aryl methyl sites for hydroxylation is 2. The second kappa shape index (κ2) is 10.9. The Labute approximate surface area is 257 Å². The van der Waals surface area contributed by atoms with Gasteiger partial charge in [0.15, 0.2) is 0 Å². The maximum atomic E-state index is 12.2. The van der Waals surface area contributed by atoms with Gasteiger partial charge in [-0.1, -0.05) is 6.07 Å². The molecule has 2 bridgehead atoms. The molecule has 4 aliphatic rings. The van der Waals surface area contributed by atoms with Gasteiger partial charge in [-0.3, -0.25) is 4.90 Å². The lowest BCUT2D eigenvalue weighted by atomic mass is 9.45. The van der Waals surface area contributed by atoms with Crippen LogP contribution >= 0.6 is 0 Å². The number of nitrogens with zero attached hydrogens (tertiary/aromatic N) is 4. The minimum absolute atomic E-state index is 0.109. The summed E-state index contributed by atoms with van der Waals surface area (Å²) in [6.07, 6.45) is 6.54. The van der Waals surface area contributed by atoms with Crippen LogP contribution in [0.15, 0.2) is 24.3 Å². The Kier molecular flexibility index (Phi) is 7.67. The van der Waals surface area contributed by atoms with Crippen molar-refractivity contribution in [3.63, 3.8) is 0 Å². The fraction of sp³-hybridized carbons (Fsp3) is 0.686. The van der Waals surface area contributed by atoms with E-state index in [0.717, 1.165) is 55.4 Å². The number of rotatable bonds is 7. The third-order valence-electron chi connectivity index (χ3n) is 11.4. The summed E-state index contributed by atoms with van der Waals surface area (Å²) in [4.78, 5) is 27.2. The molecule has 2 aromatic rings. The molecule has 1 aromatic carbocycles. The predicted octanol–water partition coefficient (Wildman–Crippen LogP) is 5.83. The Balaban J connectivity index is 1.31. The molecule has 43 heavy (non-hydrogen) atoms. The van der Waals surface area contributed by atoms with E-state index in [-0.39, 0.29) is 16.9 Å². The van der Waals surface area contributed by atoms with Crippen LogP contribution in [0.2, 0.25) is 0 Å². The summed E-state index contributed by atoms with van der Waals surface area (Å²) in [6.45, 7) is 15.0. The predicted molar refractivity (Wildman–Crippen MR) is 170 cm³/mol. The second-order valence-corrected chi connectivity index (χ2v) is 14.7. The van der Waals surface area contributed by atoms with E-state index in [1.807, 2.05) is 20.8 Å². The van der Waals surface area contributed by atoms with Crippen molar-refractivity contribution in [1.29, 1.82) is 0 Å². The number of ether oxygens (including phenoxy) is 2. The number of likely N-dealkylation sites (tertiary alicyclic amines) is 1. The highest BCUT2D eigenvalue weighted by atomic mass is 16.6. The van der Waals surface area contributed by atoms with Crippen LogP contribution in [0.4, 0.5) is 10.7 Å². The SMILES string of the molecule is COc1ccc2c(c1)C13C(C2)CN(CCCNC(=O)OC(C)(C)C)C(C)C12CCC(N(C)c1nc(C)cc(C)n1)C3CC2. The highest BCUT2D eigenvalue weighted by Gasteiger charge is 2.73. The molecule has 1 amide bonds. The first-order chi connectivity index (χ1) is 20.4. The molecule has 8 nitrogen and oxygen atoms in total. The van der Waals surface area contributed by atoms with Crippen molar-refractivity contribution in [2.24, 2.45) is 17.3 Å². The number of fused-ring (bicyclic) bond motifs is 1. The molecular weight excluding hydrogens is 538 g/mol. The lowest BCUT2D eigenvalue weighted by Gasteiger charge is -2.65. The molecule has 3 aliphatic carbocycles. The van der Waals surface area contributed by atoms with E-state index in [9.17, 15) is 4.79 Å². The molecule has 3 fully saturated rings. The van der Waals surface area contributed by atoms with E-state index in [1.165, 1.54) is 24.8 Å². The van der Waals surface area contributed by atoms with Gasteiger partial charge in [0.2, 0.25) is 5.95 Å². The van der Waals surface area contributed by atoms with Gasteiger partial charge in [0.1, 0.15) is 11.4 Å². The van der Waals surface area contributed by atoms with Gasteiger partial charge in [0, 0.05) is 55.6 Å². The van der Waals surface area contributed by atoms with Crippen LogP contribution in [0.25, 0.3) is 0 Å². The van der Waals surface area contributed by atoms with E-state index < -0.39 is 5.60 Å². The van der Waals surface area contributed by atoms with Gasteiger partial charge < -0.3 is 19.7 Å². The maximum Gasteiger partial charge on any atom is 0.407 e. The number of carbonyl (C=O) groups excluding carboxylic acids is 1. The van der Waals surface area contributed by atoms with Crippen LogP contribution < -0.4 is 15.0 Å². The first-order valence-corrected chi connectivity index (χ1v) is 16.3. The molecule has 1 spiro atoms. The van der Waals surface area contributed by atoms with Crippen LogP contribution in [0, 0.1) is 31.1 Å². The van der Waals surface area contributed by atoms with Gasteiger partial charge in [-0.05, 0) is 127 Å². The van der Waals surface area contributed by atoms with Crippen LogP contribution in [-0.2, 0) is 16.6 Å². The average Bonchev–Trinajstić information content (AvgIpc) is 3.37. The summed E-state index contributed by atoms with van der Waals surface area (Å²) in [5.74, 6) is 2.92. The zero-order valence-electron chi connectivity index (χ0n) is 27.5. The molecule has 8 heteroatoms. The minimum Gasteiger partial charge on any atom is -0.497 e. The number of anilines is 1. The van der Waals surface area contributed by atoms with Crippen molar-refractivity contribution < 1.29 is 14.3 Å². The zero-order chi connectivity index (χ0) is 30.7. The third-order valence-corrected chi connectivity index (χ3v) is 11.4. The first kappa shape index (κ1) is 30.2. The molecular formula is C35H51N5O3. The lowest BCUT2D eigenvalue weighted by Crippen LogP contribution is -2.69. The van der Waals surface area contributed by atoms with Crippen LogP contribution in [0.3, 0.4) is 0 Å². The van der Waals surface area contributed by atoms with Gasteiger partial charge in [-0.25, -0.2) is 14.8 Å². The van der Waals surface area contributed by atoms with Crippen molar-refractivity contribution in [2.75, 3.05) is 38.7 Å². The summed E-state index contributed by atoms with van der Waals surface area (Å²) in [5, 5.41) is 2.98. The number of methoxy groups -OCH3 is 1. The van der Waals surface area contributed by atoms with E-state index in [4.69, 9.17) is 19.4 Å². The molecule has 6 atom stereocenters. The van der Waals surface area contributed by atoms with Gasteiger partial charge in [0.05, 0.1) is 7.11 Å². The summed E-state index contributed by atoms with van der Waals surface area (Å²) in [6, 6.07) is 9.80. The minimum atomic E-state index is -0.482. The van der Waals surface area contributed by atoms with E-state index in [1.54, 1.807) is 12.7 Å². The average molecular weight is 590 g/mol. The number of alkyl carbamates (subject to hydrolysis) is 1. The molecule has 6 rings (SSSR count). The summed E-state index contributed by atoms with van der Waals surface area (Å²) >= 11 is 0. The van der Waals surface area contributed by atoms with Crippen LogP contribution in [0.1, 0.15) is 82.3 Å². The molecule has 2 saturated carbocycles. The van der Waals surface area contributed by atoms with Crippen molar-refractivity contribution in [2.45, 2.75) is 103 Å². The highest BCUT2D eigenvalue weighted by molar-refractivity contribution is 5.67. The number of piperidine rings is 1. The van der Waals surface area contributed by atoms with Crippen LogP contribution in [-0.4, -0.2) is 72.4 Å². The topological polar surface area (TPSA) is 79.8 Å². The normalized spacial score (nSPS) is 31.2. The monoisotopic (exact) mass is 589 g/mol. The summed E-state index contributed by atoms with van der Waals surface area (Å²) < 4.78 is 11.3. The van der Waals surface area contributed by atoms with Crippen molar-refractivity contribution in [1.82, 2.24) is 20.2 Å². The second-order valence-electron chi connectivity index (χ2n) is 14.7. The fourth-order valence-electron chi connectivity index (χ4n) is 10.0. The smallest absolute Gasteiger partial charge is 0.407 e. The van der Waals surface area contributed by atoms with Crippen LogP contribution in [0.5, 0.6) is 5.75 Å². The molecule has 1 aromatic heterocycles. The maximum absolute atomic E-state index is 12.2. The highest BCUT2D eigenvalue weighted by Crippen LogP contribution is 2.74. The Morgan fingerprint density at radius 1 is 1.14 bits per heavy atom. The van der Waals surface area contributed by atoms with Gasteiger partial charge in [0.25, 0.3) is 0 Å². The number of aromatic nitrogens is 2. The molecule has 1 N–H and O–H groups in total. The van der Waals surface area contributed by atoms with Crippen molar-refractivity contribution in [3.8, 4) is 5.75 Å². The molecule has 6 unspecified atom stereocenters. The Hall–Kier alpha value is -2.87. The number of hydrogen-bond acceptors (Lipinski definition) is 7. The number of nitrogens with one attached hydrogen (secondary N) is 1. The van der Waals surface area contributed by atoms with Crippen molar-refractivity contribution in [3.05, 3.63) is 46.8 Å². The van der Waals surface area contributed by atoms with E-state index in [0.29, 0.717) is 30.5 Å². The number of hydrogen-bond donors (Lipinski definition) is 1. The fourth-order valence-corrected chi connectivity index (χ4v) is 10.0. The van der Waals surface area contributed by atoms with Gasteiger partial charge in [-0.15, -0.1) is 0 Å². The number of amides is 1. The number of benzene rings is 1. The van der Waals surface area contributed by atoms with E-state index in [2.05, 4.69) is 67.2 Å². The van der Waals surface area contributed by atoms with Gasteiger partial charge >= 0.3 is 6.09 Å². The van der Waals surface area contributed by atoms with E-state index >= 15 is 0 Å². The lowest BCUT2D eigenvalue weighted by molar-refractivity contribution is -0.105. The largest absolute Gasteiger partial charge is 0.497 e. The van der Waals surface area contributed by atoms with Gasteiger partial charge in [-0.2, -0.15) is 0 Å². The standard InChI is InChI=1S/C35H51N5O3/c1-22-18-23(2)38-31(37-22)39(7)30-13-15-34-14-12-28(30)35(34)26(19-25-10-11-27(42-8)20-29(25)35)21-40(24(34)3)17-9-16-36-32(41)43-33(4,5)6/h10-11,18,20,24,26,28,30H,9,12-17,19,21H2,1-8H3,(H,36,41). The van der Waals surface area contributed by atoms with Crippen molar-refractivity contribution >= 4 is 12.0 Å². The first-order valence-electron chi connectivity index (χ1n) is 16.3. The Morgan fingerprint density at radius 3 is 2.56 bits per heavy atom. The molecule has 234 valence electrons. The quantitative estimate of drug-likeness (QED) is 0.408. The molecule has 0 radical (unpaired) electrons. The zero-order valence-corrected chi connectivity index (χ0v) is 27.5. The summed E-state index contributed by atoms with van der Waals surface area (Å²) in [7, 11) is 4.02. The third kappa shape index (κ3) is 4.88. The Morgan fingerprint density at radius 2 is 1.86 bits per heavy atom. The Bertz CT molecular complexity index is 1350. The molecule has 1 aliphatic heterocycles. The molecule has 2 heterocycles. The molecule has 1 saturated heterocycles. The summed E-state index contributed by atoms with van der Waals surface area (Å²) in [5.41, 5.74) is 4.95.